The largest absolute Gasteiger partial charge is 0.392 e. The van der Waals surface area contributed by atoms with Gasteiger partial charge in [0.2, 0.25) is 0 Å². The van der Waals surface area contributed by atoms with Crippen molar-refractivity contribution < 1.29 is 9.50 Å². The van der Waals surface area contributed by atoms with Gasteiger partial charge in [-0.3, -0.25) is 0 Å². The highest BCUT2D eigenvalue weighted by Gasteiger charge is 2.30. The molecular formula is C14H20FNO. The molecule has 1 fully saturated rings. The summed E-state index contributed by atoms with van der Waals surface area (Å²) in [4.78, 5) is 2.19. The molecule has 0 saturated carbocycles. The molecule has 0 aromatic heterocycles. The number of hydrogen-bond donors (Lipinski definition) is 1. The van der Waals surface area contributed by atoms with Gasteiger partial charge < -0.3 is 10.0 Å². The Morgan fingerprint density at radius 2 is 2.18 bits per heavy atom. The van der Waals surface area contributed by atoms with Crippen LogP contribution in [0, 0.1) is 5.82 Å². The predicted octanol–water partition coefficient (Wildman–Crippen LogP) is 3.09. The van der Waals surface area contributed by atoms with Crippen molar-refractivity contribution in [2.75, 3.05) is 4.90 Å². The molecule has 2 nitrogen and oxygen atoms in total. The Morgan fingerprint density at radius 1 is 1.41 bits per heavy atom. The van der Waals surface area contributed by atoms with Crippen molar-refractivity contribution in [1.29, 1.82) is 0 Å². The second-order valence-electron chi connectivity index (χ2n) is 4.84. The van der Waals surface area contributed by atoms with E-state index in [1.54, 1.807) is 12.1 Å². The molecule has 1 N–H and O–H groups in total. The van der Waals surface area contributed by atoms with Crippen LogP contribution < -0.4 is 4.90 Å². The van der Waals surface area contributed by atoms with Crippen molar-refractivity contribution >= 4 is 5.69 Å². The van der Waals surface area contributed by atoms with E-state index in [0.717, 1.165) is 19.3 Å². The fraction of sp³-hybridized carbons (Fsp3) is 0.571. The first-order valence-corrected chi connectivity index (χ1v) is 6.35. The molecule has 1 aliphatic heterocycles. The lowest BCUT2D eigenvalue weighted by molar-refractivity contribution is 0.281. The summed E-state index contributed by atoms with van der Waals surface area (Å²) in [5.41, 5.74) is 1.31. The minimum Gasteiger partial charge on any atom is -0.392 e. The van der Waals surface area contributed by atoms with E-state index in [9.17, 15) is 4.39 Å². The molecule has 0 spiro atoms. The SMILES string of the molecule is CCC1CCC(C)N1c1ccc(CO)cc1F. The zero-order valence-corrected chi connectivity index (χ0v) is 10.5. The van der Waals surface area contributed by atoms with Crippen LogP contribution in [0.25, 0.3) is 0 Å². The highest BCUT2D eigenvalue weighted by atomic mass is 19.1. The lowest BCUT2D eigenvalue weighted by Crippen LogP contribution is -2.34. The minimum atomic E-state index is -0.219. The maximum absolute atomic E-state index is 14.0. The average Bonchev–Trinajstić information content (AvgIpc) is 2.70. The highest BCUT2D eigenvalue weighted by Crippen LogP contribution is 2.33. The lowest BCUT2D eigenvalue weighted by atomic mass is 10.1. The van der Waals surface area contributed by atoms with Crippen molar-refractivity contribution in [2.24, 2.45) is 0 Å². The third kappa shape index (κ3) is 2.29. The first-order valence-electron chi connectivity index (χ1n) is 6.35. The van der Waals surface area contributed by atoms with E-state index in [4.69, 9.17) is 5.11 Å². The molecule has 0 bridgehead atoms. The summed E-state index contributed by atoms with van der Waals surface area (Å²) in [6.07, 6.45) is 3.31. The molecule has 1 aromatic rings. The molecule has 2 atom stereocenters. The summed E-state index contributed by atoms with van der Waals surface area (Å²) >= 11 is 0. The van der Waals surface area contributed by atoms with E-state index in [0.29, 0.717) is 23.3 Å². The van der Waals surface area contributed by atoms with E-state index in [1.165, 1.54) is 6.07 Å². The van der Waals surface area contributed by atoms with Crippen molar-refractivity contribution in [3.05, 3.63) is 29.6 Å². The highest BCUT2D eigenvalue weighted by molar-refractivity contribution is 5.52. The van der Waals surface area contributed by atoms with Gasteiger partial charge in [-0.1, -0.05) is 13.0 Å². The van der Waals surface area contributed by atoms with Gasteiger partial charge in [0.05, 0.1) is 12.3 Å². The summed E-state index contributed by atoms with van der Waals surface area (Å²) in [5, 5.41) is 8.99. The summed E-state index contributed by atoms with van der Waals surface area (Å²) in [6, 6.07) is 5.88. The predicted molar refractivity (Wildman–Crippen MR) is 67.6 cm³/mol. The number of aliphatic hydroxyl groups is 1. The van der Waals surface area contributed by atoms with Crippen LogP contribution in [-0.4, -0.2) is 17.2 Å². The number of anilines is 1. The van der Waals surface area contributed by atoms with Gasteiger partial charge >= 0.3 is 0 Å². The standard InChI is InChI=1S/C14H20FNO/c1-3-12-6-4-10(2)16(12)14-7-5-11(9-17)8-13(14)15/h5,7-8,10,12,17H,3-4,6,9H2,1-2H3. The summed E-state index contributed by atoms with van der Waals surface area (Å²) in [7, 11) is 0. The van der Waals surface area contributed by atoms with Crippen LogP contribution in [0.2, 0.25) is 0 Å². The number of benzene rings is 1. The van der Waals surface area contributed by atoms with Gasteiger partial charge in [0.1, 0.15) is 5.82 Å². The molecule has 0 radical (unpaired) electrons. The number of halogens is 1. The second kappa shape index (κ2) is 5.05. The molecule has 1 aromatic carbocycles. The summed E-state index contributed by atoms with van der Waals surface area (Å²) < 4.78 is 14.0. The molecule has 1 saturated heterocycles. The van der Waals surface area contributed by atoms with Crippen molar-refractivity contribution in [3.8, 4) is 0 Å². The Morgan fingerprint density at radius 3 is 2.76 bits per heavy atom. The molecule has 1 aliphatic rings. The Balaban J connectivity index is 2.32. The summed E-state index contributed by atoms with van der Waals surface area (Å²) in [5.74, 6) is -0.219. The lowest BCUT2D eigenvalue weighted by Gasteiger charge is -2.30. The zero-order chi connectivity index (χ0) is 12.4. The van der Waals surface area contributed by atoms with E-state index < -0.39 is 0 Å². The first kappa shape index (κ1) is 12.4. The van der Waals surface area contributed by atoms with Crippen LogP contribution in [-0.2, 0) is 6.61 Å². The van der Waals surface area contributed by atoms with E-state index in [2.05, 4.69) is 18.7 Å². The van der Waals surface area contributed by atoms with E-state index >= 15 is 0 Å². The molecule has 3 heteroatoms. The Bertz CT molecular complexity index is 394. The fourth-order valence-corrected chi connectivity index (χ4v) is 2.76. The third-order valence-corrected chi connectivity index (χ3v) is 3.73. The van der Waals surface area contributed by atoms with Crippen LogP contribution in [0.4, 0.5) is 10.1 Å². The first-order chi connectivity index (χ1) is 8.17. The monoisotopic (exact) mass is 237 g/mol. The van der Waals surface area contributed by atoms with Gasteiger partial charge in [0, 0.05) is 12.1 Å². The Kier molecular flexibility index (Phi) is 3.67. The topological polar surface area (TPSA) is 23.5 Å². The van der Waals surface area contributed by atoms with Crippen LogP contribution in [0.15, 0.2) is 18.2 Å². The minimum absolute atomic E-state index is 0.107. The Labute approximate surface area is 102 Å². The second-order valence-corrected chi connectivity index (χ2v) is 4.84. The van der Waals surface area contributed by atoms with Gasteiger partial charge in [0.25, 0.3) is 0 Å². The molecular weight excluding hydrogens is 217 g/mol. The number of rotatable bonds is 3. The van der Waals surface area contributed by atoms with Gasteiger partial charge in [-0.25, -0.2) is 4.39 Å². The number of hydrogen-bond acceptors (Lipinski definition) is 2. The maximum atomic E-state index is 14.0. The van der Waals surface area contributed by atoms with Gasteiger partial charge in [-0.15, -0.1) is 0 Å². The molecule has 2 rings (SSSR count). The third-order valence-electron chi connectivity index (χ3n) is 3.73. The number of aliphatic hydroxyl groups excluding tert-OH is 1. The average molecular weight is 237 g/mol. The number of nitrogens with zero attached hydrogens (tertiary/aromatic N) is 1. The fourth-order valence-electron chi connectivity index (χ4n) is 2.76. The van der Waals surface area contributed by atoms with E-state index in [1.807, 2.05) is 0 Å². The van der Waals surface area contributed by atoms with E-state index in [-0.39, 0.29) is 12.4 Å². The van der Waals surface area contributed by atoms with Gasteiger partial charge in [-0.05, 0) is 43.9 Å². The molecule has 0 aliphatic carbocycles. The van der Waals surface area contributed by atoms with Crippen molar-refractivity contribution in [3.63, 3.8) is 0 Å². The van der Waals surface area contributed by atoms with Crippen molar-refractivity contribution in [1.82, 2.24) is 0 Å². The molecule has 94 valence electrons. The van der Waals surface area contributed by atoms with Crippen LogP contribution in [0.5, 0.6) is 0 Å². The van der Waals surface area contributed by atoms with Gasteiger partial charge in [0.15, 0.2) is 0 Å². The van der Waals surface area contributed by atoms with Crippen LogP contribution >= 0.6 is 0 Å². The molecule has 1 heterocycles. The van der Waals surface area contributed by atoms with Crippen LogP contribution in [0.1, 0.15) is 38.7 Å². The van der Waals surface area contributed by atoms with Gasteiger partial charge in [-0.2, -0.15) is 0 Å². The van der Waals surface area contributed by atoms with Crippen molar-refractivity contribution in [2.45, 2.75) is 51.8 Å². The molecule has 0 amide bonds. The smallest absolute Gasteiger partial charge is 0.146 e. The Hall–Kier alpha value is -1.09. The summed E-state index contributed by atoms with van der Waals surface area (Å²) in [6.45, 7) is 4.19. The quantitative estimate of drug-likeness (QED) is 0.873. The molecule has 17 heavy (non-hydrogen) atoms. The normalized spacial score (nSPS) is 24.4. The molecule has 2 unspecified atom stereocenters. The maximum Gasteiger partial charge on any atom is 0.146 e. The van der Waals surface area contributed by atoms with Crippen LogP contribution in [0.3, 0.4) is 0 Å². The zero-order valence-electron chi connectivity index (χ0n) is 10.5.